The van der Waals surface area contributed by atoms with Crippen LogP contribution >= 0.6 is 0 Å². The Morgan fingerprint density at radius 2 is 1.86 bits per heavy atom. The number of carbonyl (C=O) groups is 2. The summed E-state index contributed by atoms with van der Waals surface area (Å²) in [5.74, 6) is -4.92. The number of rotatable bonds is 6. The summed E-state index contributed by atoms with van der Waals surface area (Å²) in [6.07, 6.45) is -0.907. The molecule has 1 atom stereocenters. The Labute approximate surface area is 158 Å². The zero-order valence-electron chi connectivity index (χ0n) is 14.8. The van der Waals surface area contributed by atoms with Crippen molar-refractivity contribution in [2.45, 2.75) is 25.9 Å². The van der Waals surface area contributed by atoms with Crippen LogP contribution in [0.4, 0.5) is 18.9 Å². The molecule has 9 heteroatoms. The van der Waals surface area contributed by atoms with Gasteiger partial charge in [-0.1, -0.05) is 6.07 Å². The second-order valence-electron chi connectivity index (χ2n) is 6.03. The predicted molar refractivity (Wildman–Crippen MR) is 91.4 cm³/mol. The number of esters is 1. The number of anilines is 1. The van der Waals surface area contributed by atoms with Crippen molar-refractivity contribution in [3.05, 3.63) is 53.3 Å². The third kappa shape index (κ3) is 4.36. The monoisotopic (exact) mass is 395 g/mol. The van der Waals surface area contributed by atoms with Gasteiger partial charge in [0.05, 0.1) is 5.69 Å². The molecule has 1 amide bonds. The summed E-state index contributed by atoms with van der Waals surface area (Å²) in [6, 6.07) is 6.81. The number of aryl methyl sites for hydroxylation is 1. The van der Waals surface area contributed by atoms with Gasteiger partial charge < -0.3 is 19.5 Å². The first-order valence-electron chi connectivity index (χ1n) is 8.37. The molecule has 0 aliphatic carbocycles. The van der Waals surface area contributed by atoms with Crippen LogP contribution in [0, 0.1) is 17.5 Å². The van der Waals surface area contributed by atoms with Gasteiger partial charge in [-0.25, -0.2) is 13.2 Å². The number of nitrogens with one attached hydrogen (secondary N) is 1. The van der Waals surface area contributed by atoms with Crippen LogP contribution in [-0.4, -0.2) is 24.8 Å². The minimum absolute atomic E-state index is 0.00317. The molecule has 0 saturated heterocycles. The molecule has 6 nitrogen and oxygen atoms in total. The molecule has 148 valence electrons. The molecular formula is C19H16F3NO5. The third-order valence-corrected chi connectivity index (χ3v) is 4.03. The first-order valence-corrected chi connectivity index (χ1v) is 8.37. The highest BCUT2D eigenvalue weighted by Gasteiger charge is 2.21. The van der Waals surface area contributed by atoms with Gasteiger partial charge in [-0.3, -0.25) is 9.59 Å². The minimum Gasteiger partial charge on any atom is -0.454 e. The number of halogens is 3. The number of hydrogen-bond acceptors (Lipinski definition) is 5. The Bertz CT molecular complexity index is 919. The fraction of sp³-hybridized carbons (Fsp3) is 0.263. The number of amides is 1. The van der Waals surface area contributed by atoms with Gasteiger partial charge in [-0.2, -0.15) is 0 Å². The summed E-state index contributed by atoms with van der Waals surface area (Å²) in [7, 11) is 0. The van der Waals surface area contributed by atoms with Gasteiger partial charge >= 0.3 is 5.97 Å². The second-order valence-corrected chi connectivity index (χ2v) is 6.03. The van der Waals surface area contributed by atoms with Gasteiger partial charge in [0.1, 0.15) is 0 Å². The van der Waals surface area contributed by atoms with Crippen LogP contribution < -0.4 is 14.8 Å². The highest BCUT2D eigenvalue weighted by molar-refractivity contribution is 5.95. The summed E-state index contributed by atoms with van der Waals surface area (Å²) in [6.45, 7) is 1.43. The molecule has 0 saturated carbocycles. The molecule has 0 fully saturated rings. The van der Waals surface area contributed by atoms with Crippen molar-refractivity contribution in [3.8, 4) is 11.5 Å². The minimum atomic E-state index is -1.70. The highest BCUT2D eigenvalue weighted by atomic mass is 19.2. The van der Waals surface area contributed by atoms with E-state index in [1.807, 2.05) is 0 Å². The zero-order valence-corrected chi connectivity index (χ0v) is 14.8. The Hall–Kier alpha value is -3.23. The van der Waals surface area contributed by atoms with Crippen LogP contribution in [0.1, 0.15) is 18.9 Å². The summed E-state index contributed by atoms with van der Waals surface area (Å²) in [5, 5.41) is 2.06. The summed E-state index contributed by atoms with van der Waals surface area (Å²) < 4.78 is 55.1. The molecule has 0 bridgehead atoms. The first-order chi connectivity index (χ1) is 13.3. The van der Waals surface area contributed by atoms with Gasteiger partial charge in [0.15, 0.2) is 35.1 Å². The zero-order chi connectivity index (χ0) is 20.3. The van der Waals surface area contributed by atoms with E-state index >= 15 is 0 Å². The van der Waals surface area contributed by atoms with E-state index in [0.29, 0.717) is 24.0 Å². The van der Waals surface area contributed by atoms with Crippen LogP contribution in [0.15, 0.2) is 30.3 Å². The van der Waals surface area contributed by atoms with Crippen LogP contribution in [0.2, 0.25) is 0 Å². The highest BCUT2D eigenvalue weighted by Crippen LogP contribution is 2.32. The molecular weight excluding hydrogens is 379 g/mol. The molecule has 1 N–H and O–H groups in total. The van der Waals surface area contributed by atoms with Gasteiger partial charge in [0, 0.05) is 6.42 Å². The number of ether oxygens (including phenoxy) is 3. The van der Waals surface area contributed by atoms with Crippen molar-refractivity contribution in [2.24, 2.45) is 0 Å². The number of hydrogen-bond donors (Lipinski definition) is 1. The second kappa shape index (κ2) is 8.20. The Morgan fingerprint density at radius 3 is 2.64 bits per heavy atom. The van der Waals surface area contributed by atoms with E-state index < -0.39 is 41.1 Å². The van der Waals surface area contributed by atoms with Crippen LogP contribution in [0.25, 0.3) is 0 Å². The molecule has 28 heavy (non-hydrogen) atoms. The average Bonchev–Trinajstić information content (AvgIpc) is 3.14. The summed E-state index contributed by atoms with van der Waals surface area (Å²) in [5.41, 5.74) is 0.273. The largest absolute Gasteiger partial charge is 0.454 e. The molecule has 2 aromatic rings. The Morgan fingerprint density at radius 1 is 1.11 bits per heavy atom. The average molecular weight is 395 g/mol. The van der Waals surface area contributed by atoms with Gasteiger partial charge in [-0.05, 0) is 43.2 Å². The maximum absolute atomic E-state index is 13.6. The maximum atomic E-state index is 13.6. The van der Waals surface area contributed by atoms with E-state index in [1.54, 1.807) is 18.2 Å². The van der Waals surface area contributed by atoms with Gasteiger partial charge in [-0.15, -0.1) is 0 Å². The first kappa shape index (κ1) is 19.5. The lowest BCUT2D eigenvalue weighted by atomic mass is 10.1. The Balaban J connectivity index is 1.51. The van der Waals surface area contributed by atoms with Crippen molar-refractivity contribution in [3.63, 3.8) is 0 Å². The molecule has 1 aliphatic heterocycles. The topological polar surface area (TPSA) is 73.9 Å². The van der Waals surface area contributed by atoms with Crippen molar-refractivity contribution in [2.75, 3.05) is 12.1 Å². The van der Waals surface area contributed by atoms with Crippen molar-refractivity contribution >= 4 is 17.6 Å². The number of fused-ring (bicyclic) bond motifs is 1. The molecule has 0 spiro atoms. The predicted octanol–water partition coefficient (Wildman–Crippen LogP) is 3.34. The summed E-state index contributed by atoms with van der Waals surface area (Å²) in [4.78, 5) is 23.9. The van der Waals surface area contributed by atoms with Crippen molar-refractivity contribution in [1.82, 2.24) is 0 Å². The van der Waals surface area contributed by atoms with E-state index in [4.69, 9.17) is 14.2 Å². The smallest absolute Gasteiger partial charge is 0.306 e. The van der Waals surface area contributed by atoms with E-state index in [9.17, 15) is 22.8 Å². The molecule has 1 unspecified atom stereocenters. The SMILES string of the molecule is CC(OC(=O)CCc1ccc2c(c1)OCO2)C(=O)Nc1ccc(F)c(F)c1F. The van der Waals surface area contributed by atoms with E-state index in [1.165, 1.54) is 6.92 Å². The fourth-order valence-electron chi connectivity index (χ4n) is 2.51. The fourth-order valence-corrected chi connectivity index (χ4v) is 2.51. The number of carbonyl (C=O) groups excluding carboxylic acids is 2. The molecule has 0 radical (unpaired) electrons. The molecule has 3 rings (SSSR count). The Kier molecular flexibility index (Phi) is 5.72. The van der Waals surface area contributed by atoms with Crippen LogP contribution in [0.5, 0.6) is 11.5 Å². The molecule has 0 aromatic heterocycles. The van der Waals surface area contributed by atoms with Gasteiger partial charge in [0.2, 0.25) is 6.79 Å². The maximum Gasteiger partial charge on any atom is 0.306 e. The molecule has 1 heterocycles. The number of benzene rings is 2. The van der Waals surface area contributed by atoms with Crippen molar-refractivity contribution in [1.29, 1.82) is 0 Å². The normalized spacial score (nSPS) is 13.1. The third-order valence-electron chi connectivity index (χ3n) is 4.03. The lowest BCUT2D eigenvalue weighted by molar-refractivity contribution is -0.153. The van der Waals surface area contributed by atoms with E-state index in [0.717, 1.165) is 11.6 Å². The molecule has 1 aliphatic rings. The van der Waals surface area contributed by atoms with Gasteiger partial charge in [0.25, 0.3) is 5.91 Å². The van der Waals surface area contributed by atoms with Crippen molar-refractivity contribution < 1.29 is 37.0 Å². The quantitative estimate of drug-likeness (QED) is 0.600. The summed E-state index contributed by atoms with van der Waals surface area (Å²) >= 11 is 0. The lowest BCUT2D eigenvalue weighted by Crippen LogP contribution is -2.30. The molecule has 2 aromatic carbocycles. The van der Waals surface area contributed by atoms with Crippen LogP contribution in [0.3, 0.4) is 0 Å². The lowest BCUT2D eigenvalue weighted by Gasteiger charge is -2.14. The van der Waals surface area contributed by atoms with E-state index in [2.05, 4.69) is 5.32 Å². The van der Waals surface area contributed by atoms with Crippen LogP contribution in [-0.2, 0) is 20.7 Å². The van der Waals surface area contributed by atoms with E-state index in [-0.39, 0.29) is 13.2 Å². The standard InChI is InChI=1S/C19H16F3NO5/c1-10(19(25)23-13-5-4-12(20)17(21)18(13)22)28-16(24)7-3-11-2-6-14-15(8-11)27-9-26-14/h2,4-6,8,10H,3,7,9H2,1H3,(H,23,25).